The molecule has 14 N–H and O–H groups in total. The lowest BCUT2D eigenvalue weighted by atomic mass is 9.84. The van der Waals surface area contributed by atoms with Crippen LogP contribution in [0.1, 0.15) is 12.0 Å². The molecule has 19 heteroatoms. The largest absolute Gasteiger partial charge is 1.00 e. The van der Waals surface area contributed by atoms with E-state index in [0.29, 0.717) is 5.75 Å². The molecule has 3 fully saturated rings. The molecule has 3 aliphatic rings. The Kier molecular flexibility index (Phi) is 18.7. The van der Waals surface area contributed by atoms with E-state index < -0.39 is 91.7 Å². The fraction of sp³-hybridized carbons (Fsp3) is 0.760. The Bertz CT molecular complexity index is 965. The van der Waals surface area contributed by atoms with E-state index in [0.717, 1.165) is 5.56 Å². The van der Waals surface area contributed by atoms with Gasteiger partial charge in [0.25, 0.3) is 0 Å². The quantitative estimate of drug-likeness (QED) is 0.120. The van der Waals surface area contributed by atoms with Crippen molar-refractivity contribution in [2.45, 2.75) is 105 Å². The van der Waals surface area contributed by atoms with Gasteiger partial charge in [-0.1, -0.05) is 17.7 Å². The van der Waals surface area contributed by atoms with E-state index in [2.05, 4.69) is 0 Å². The highest BCUT2D eigenvalue weighted by Crippen LogP contribution is 2.31. The maximum atomic E-state index is 11.2. The monoisotopic (exact) mass is 714 g/mol. The first-order valence-corrected chi connectivity index (χ1v) is 13.3. The standard InChI is InChI=1S/C25H42N4O11.4ClH/c1-9-2-4-10(5-3-9)36-8-14-16(30)15(29)18(32)24(38-14)39-22-11(27)6-12(28)23(21(22)35)40-25-20(34)19(33)17(31)13(7-26)37-25;;;;/h2-5,11-25,30-35H,6-8,26-29H2,1H3;4*1H/p-4/t11?,12?,13?,14-,15-,16?,17-,18-,19+,20?,21-,22-,23?,24?,25-;;;;/m1..../s1. The summed E-state index contributed by atoms with van der Waals surface area (Å²) in [4.78, 5) is 0. The summed E-state index contributed by atoms with van der Waals surface area (Å²) in [7, 11) is 0. The molecule has 15 nitrogen and oxygen atoms in total. The average Bonchev–Trinajstić information content (AvgIpc) is 2.93. The zero-order valence-electron chi connectivity index (χ0n) is 23.6. The summed E-state index contributed by atoms with van der Waals surface area (Å²) in [5, 5.41) is 63.1. The number of halogens is 4. The third-order valence-corrected chi connectivity index (χ3v) is 7.74. The zero-order chi connectivity index (χ0) is 29.3. The number of aliphatic hydroxyl groups is 6. The van der Waals surface area contributed by atoms with E-state index >= 15 is 0 Å². The van der Waals surface area contributed by atoms with Gasteiger partial charge in [0, 0.05) is 18.6 Å². The maximum absolute atomic E-state index is 11.2. The van der Waals surface area contributed by atoms with Crippen molar-refractivity contribution in [3.8, 4) is 5.75 Å². The number of aryl methyl sites for hydroxylation is 1. The minimum atomic E-state index is -1.66. The number of aliphatic hydroxyl groups excluding tert-OH is 6. The lowest BCUT2D eigenvalue weighted by molar-refractivity contribution is -0.331. The van der Waals surface area contributed by atoms with Crippen LogP contribution >= 0.6 is 0 Å². The van der Waals surface area contributed by atoms with Crippen molar-refractivity contribution in [1.29, 1.82) is 0 Å². The van der Waals surface area contributed by atoms with Gasteiger partial charge < -0.3 is 127 Å². The normalized spacial score (nSPS) is 42.0. The SMILES string of the molecule is Cc1ccc(OC[C@H]2OC(O[C@@H]3C(N)CC(N)C(O[C@H]4OC(CN)[C@@H](O)[C@H](O)C4O)[C@@H]3O)[C@H](O)[C@H](N)C2O)cc1.[Cl-].[Cl-].[Cl-].[Cl-]. The highest BCUT2D eigenvalue weighted by molar-refractivity contribution is 5.26. The Balaban J connectivity index is 0.00000462. The van der Waals surface area contributed by atoms with E-state index in [9.17, 15) is 30.6 Å². The van der Waals surface area contributed by atoms with Gasteiger partial charge in [-0.2, -0.15) is 0 Å². The minimum absolute atomic E-state index is 0. The molecule has 1 aromatic rings. The number of rotatable bonds is 8. The van der Waals surface area contributed by atoms with Crippen LogP contribution in [-0.2, 0) is 18.9 Å². The van der Waals surface area contributed by atoms with Crippen LogP contribution in [0, 0.1) is 6.92 Å². The lowest BCUT2D eigenvalue weighted by Crippen LogP contribution is -3.00. The first-order valence-electron chi connectivity index (χ1n) is 13.3. The molecule has 0 bridgehead atoms. The van der Waals surface area contributed by atoms with Gasteiger partial charge in [-0.05, 0) is 25.5 Å². The van der Waals surface area contributed by atoms with Gasteiger partial charge in [-0.15, -0.1) is 0 Å². The van der Waals surface area contributed by atoms with Crippen LogP contribution < -0.4 is 77.3 Å². The van der Waals surface area contributed by atoms with Gasteiger partial charge in [-0.25, -0.2) is 0 Å². The highest BCUT2D eigenvalue weighted by Gasteiger charge is 2.51. The molecule has 2 heterocycles. The molecule has 1 aliphatic carbocycles. The molecule has 15 atom stereocenters. The lowest BCUT2D eigenvalue weighted by Gasteiger charge is -2.48. The summed E-state index contributed by atoms with van der Waals surface area (Å²) in [5.41, 5.74) is 25.1. The summed E-state index contributed by atoms with van der Waals surface area (Å²) in [5.74, 6) is 0.541. The third-order valence-electron chi connectivity index (χ3n) is 7.74. The molecule has 1 saturated carbocycles. The van der Waals surface area contributed by atoms with Crippen molar-refractivity contribution in [2.75, 3.05) is 13.2 Å². The Hall–Kier alpha value is -0.380. The maximum Gasteiger partial charge on any atom is 0.187 e. The van der Waals surface area contributed by atoms with Crippen molar-refractivity contribution in [3.63, 3.8) is 0 Å². The van der Waals surface area contributed by atoms with Crippen molar-refractivity contribution >= 4 is 0 Å². The van der Waals surface area contributed by atoms with Gasteiger partial charge in [0.15, 0.2) is 12.6 Å². The molecular weight excluding hydrogens is 674 g/mol. The van der Waals surface area contributed by atoms with Gasteiger partial charge in [0.05, 0.1) is 6.04 Å². The van der Waals surface area contributed by atoms with Crippen LogP contribution in [-0.4, -0.2) is 136 Å². The molecule has 7 unspecified atom stereocenters. The van der Waals surface area contributed by atoms with E-state index in [-0.39, 0.29) is 69.2 Å². The first-order chi connectivity index (χ1) is 18.9. The molecular formula is C25H42Cl4N4O11-4. The molecule has 260 valence electrons. The number of ether oxygens (including phenoxy) is 5. The highest BCUT2D eigenvalue weighted by atomic mass is 35.5. The van der Waals surface area contributed by atoms with Crippen LogP contribution in [0.25, 0.3) is 0 Å². The minimum Gasteiger partial charge on any atom is -1.00 e. The van der Waals surface area contributed by atoms with Gasteiger partial charge in [0.2, 0.25) is 0 Å². The Morgan fingerprint density at radius 2 is 1.18 bits per heavy atom. The Morgan fingerprint density at radius 3 is 1.70 bits per heavy atom. The van der Waals surface area contributed by atoms with Gasteiger partial charge >= 0.3 is 0 Å². The van der Waals surface area contributed by atoms with Crippen LogP contribution in [0.15, 0.2) is 24.3 Å². The van der Waals surface area contributed by atoms with E-state index in [4.69, 9.17) is 46.6 Å². The summed E-state index contributed by atoms with van der Waals surface area (Å²) in [6.45, 7) is 1.66. The number of nitrogens with two attached hydrogens (primary N) is 4. The summed E-state index contributed by atoms with van der Waals surface area (Å²) in [6.07, 6.45) is -16.2. The molecule has 4 rings (SSSR count). The Labute approximate surface area is 280 Å². The van der Waals surface area contributed by atoms with E-state index in [1.54, 1.807) is 12.1 Å². The average molecular weight is 716 g/mol. The molecule has 0 amide bonds. The number of benzene rings is 1. The predicted octanol–water partition coefficient (Wildman–Crippen LogP) is -16.9. The van der Waals surface area contributed by atoms with E-state index in [1.807, 2.05) is 19.1 Å². The second kappa shape index (κ2) is 18.8. The second-order valence-corrected chi connectivity index (χ2v) is 10.7. The van der Waals surface area contributed by atoms with Crippen molar-refractivity contribution in [2.24, 2.45) is 22.9 Å². The first kappa shape index (κ1) is 43.6. The second-order valence-electron chi connectivity index (χ2n) is 10.7. The summed E-state index contributed by atoms with van der Waals surface area (Å²) in [6, 6.07) is 4.42. The predicted molar refractivity (Wildman–Crippen MR) is 137 cm³/mol. The summed E-state index contributed by atoms with van der Waals surface area (Å²) >= 11 is 0. The van der Waals surface area contributed by atoms with Crippen LogP contribution in [0.3, 0.4) is 0 Å². The van der Waals surface area contributed by atoms with Gasteiger partial charge in [0.1, 0.15) is 73.4 Å². The van der Waals surface area contributed by atoms with Gasteiger partial charge in [-0.3, -0.25) is 0 Å². The molecule has 0 radical (unpaired) electrons. The van der Waals surface area contributed by atoms with E-state index in [1.165, 1.54) is 0 Å². The van der Waals surface area contributed by atoms with Crippen LogP contribution in [0.2, 0.25) is 0 Å². The molecule has 2 saturated heterocycles. The molecule has 0 aromatic heterocycles. The Morgan fingerprint density at radius 1 is 0.682 bits per heavy atom. The number of hydrogen-bond acceptors (Lipinski definition) is 15. The molecule has 44 heavy (non-hydrogen) atoms. The van der Waals surface area contributed by atoms with Crippen LogP contribution in [0.4, 0.5) is 0 Å². The smallest absolute Gasteiger partial charge is 0.187 e. The van der Waals surface area contributed by atoms with Crippen molar-refractivity contribution in [3.05, 3.63) is 29.8 Å². The fourth-order valence-electron chi connectivity index (χ4n) is 5.20. The number of hydrogen-bond donors (Lipinski definition) is 10. The van der Waals surface area contributed by atoms with Crippen molar-refractivity contribution < 1.29 is 104 Å². The van der Waals surface area contributed by atoms with Crippen LogP contribution in [0.5, 0.6) is 5.75 Å². The summed E-state index contributed by atoms with van der Waals surface area (Å²) < 4.78 is 28.7. The topological polar surface area (TPSA) is 272 Å². The molecule has 1 aromatic carbocycles. The fourth-order valence-corrected chi connectivity index (χ4v) is 5.20. The zero-order valence-corrected chi connectivity index (χ0v) is 26.7. The van der Waals surface area contributed by atoms with Crippen molar-refractivity contribution in [1.82, 2.24) is 0 Å². The third kappa shape index (κ3) is 9.59. The molecule has 0 spiro atoms. The molecule has 2 aliphatic heterocycles.